The van der Waals surface area contributed by atoms with Crippen LogP contribution in [0.1, 0.15) is 10.4 Å². The molecular weight excluding hydrogens is 326 g/mol. The van der Waals surface area contributed by atoms with Gasteiger partial charge in [0.2, 0.25) is 0 Å². The van der Waals surface area contributed by atoms with Gasteiger partial charge in [-0.2, -0.15) is 0 Å². The minimum Gasteiger partial charge on any atom is -0.462 e. The number of hydrogen-bond donors (Lipinski definition) is 0. The highest BCUT2D eigenvalue weighted by Crippen LogP contribution is 2.24. The van der Waals surface area contributed by atoms with Gasteiger partial charge in [0.25, 0.3) is 0 Å². The SMILES string of the molecule is COCCOC(=O)Cn1cc(C=O)c2cc(Br)ccc21. The highest BCUT2D eigenvalue weighted by molar-refractivity contribution is 9.10. The normalized spacial score (nSPS) is 10.7. The fourth-order valence-electron chi connectivity index (χ4n) is 1.95. The molecule has 0 fully saturated rings. The van der Waals surface area contributed by atoms with Gasteiger partial charge in [0.05, 0.1) is 6.61 Å². The van der Waals surface area contributed by atoms with Crippen LogP contribution in [0.15, 0.2) is 28.9 Å². The van der Waals surface area contributed by atoms with Crippen molar-refractivity contribution >= 4 is 39.1 Å². The van der Waals surface area contributed by atoms with Crippen LogP contribution in [0, 0.1) is 0 Å². The number of ether oxygens (including phenoxy) is 2. The monoisotopic (exact) mass is 339 g/mol. The number of rotatable bonds is 6. The fourth-order valence-corrected chi connectivity index (χ4v) is 2.31. The zero-order valence-corrected chi connectivity index (χ0v) is 12.6. The summed E-state index contributed by atoms with van der Waals surface area (Å²) in [5.41, 5.74) is 1.37. The lowest BCUT2D eigenvalue weighted by Crippen LogP contribution is -2.15. The second-order valence-electron chi connectivity index (χ2n) is 4.20. The molecule has 2 aromatic rings. The van der Waals surface area contributed by atoms with Crippen molar-refractivity contribution in [3.63, 3.8) is 0 Å². The lowest BCUT2D eigenvalue weighted by atomic mass is 10.2. The van der Waals surface area contributed by atoms with Crippen molar-refractivity contribution in [2.24, 2.45) is 0 Å². The molecule has 1 heterocycles. The number of esters is 1. The van der Waals surface area contributed by atoms with E-state index in [1.165, 1.54) is 0 Å². The van der Waals surface area contributed by atoms with Gasteiger partial charge in [-0.05, 0) is 18.2 Å². The maximum absolute atomic E-state index is 11.7. The van der Waals surface area contributed by atoms with Crippen molar-refractivity contribution in [3.05, 3.63) is 34.4 Å². The van der Waals surface area contributed by atoms with Crippen molar-refractivity contribution in [3.8, 4) is 0 Å². The zero-order chi connectivity index (χ0) is 14.5. The van der Waals surface area contributed by atoms with Crippen LogP contribution >= 0.6 is 15.9 Å². The molecule has 0 atom stereocenters. The molecule has 106 valence electrons. The first kappa shape index (κ1) is 14.7. The Kier molecular flexibility index (Phi) is 4.92. The summed E-state index contributed by atoms with van der Waals surface area (Å²) >= 11 is 3.37. The summed E-state index contributed by atoms with van der Waals surface area (Å²) in [5.74, 6) is -0.362. The summed E-state index contributed by atoms with van der Waals surface area (Å²) in [7, 11) is 1.54. The second kappa shape index (κ2) is 6.67. The van der Waals surface area contributed by atoms with E-state index >= 15 is 0 Å². The first-order chi connectivity index (χ1) is 9.65. The molecule has 0 saturated heterocycles. The number of fused-ring (bicyclic) bond motifs is 1. The Hall–Kier alpha value is -1.66. The zero-order valence-electron chi connectivity index (χ0n) is 11.0. The third-order valence-corrected chi connectivity index (χ3v) is 3.34. The lowest BCUT2D eigenvalue weighted by molar-refractivity contribution is -0.145. The van der Waals surface area contributed by atoms with Gasteiger partial charge in [0.1, 0.15) is 13.2 Å². The van der Waals surface area contributed by atoms with E-state index in [-0.39, 0.29) is 19.1 Å². The molecule has 0 N–H and O–H groups in total. The van der Waals surface area contributed by atoms with Crippen molar-refractivity contribution in [1.82, 2.24) is 4.57 Å². The fraction of sp³-hybridized carbons (Fsp3) is 0.286. The van der Waals surface area contributed by atoms with Crippen molar-refractivity contribution < 1.29 is 19.1 Å². The summed E-state index contributed by atoms with van der Waals surface area (Å²) < 4.78 is 12.4. The van der Waals surface area contributed by atoms with Gasteiger partial charge in [-0.25, -0.2) is 0 Å². The molecule has 0 radical (unpaired) electrons. The van der Waals surface area contributed by atoms with Crippen LogP contribution in [-0.2, 0) is 20.8 Å². The van der Waals surface area contributed by atoms with Gasteiger partial charge in [-0.15, -0.1) is 0 Å². The van der Waals surface area contributed by atoms with Gasteiger partial charge in [0.15, 0.2) is 6.29 Å². The second-order valence-corrected chi connectivity index (χ2v) is 5.12. The third-order valence-electron chi connectivity index (χ3n) is 2.85. The van der Waals surface area contributed by atoms with Crippen LogP contribution < -0.4 is 0 Å². The van der Waals surface area contributed by atoms with Gasteiger partial charge in [-0.1, -0.05) is 15.9 Å². The molecular formula is C14H14BrNO4. The molecule has 0 unspecified atom stereocenters. The maximum atomic E-state index is 11.7. The van der Waals surface area contributed by atoms with E-state index in [1.807, 2.05) is 18.2 Å². The molecule has 6 heteroatoms. The highest BCUT2D eigenvalue weighted by atomic mass is 79.9. The summed E-state index contributed by atoms with van der Waals surface area (Å²) in [6.07, 6.45) is 2.43. The predicted molar refractivity (Wildman–Crippen MR) is 77.9 cm³/mol. The van der Waals surface area contributed by atoms with Crippen molar-refractivity contribution in [2.75, 3.05) is 20.3 Å². The first-order valence-electron chi connectivity index (χ1n) is 6.04. The number of aldehydes is 1. The molecule has 0 saturated carbocycles. The molecule has 0 aliphatic rings. The first-order valence-corrected chi connectivity index (χ1v) is 6.83. The van der Waals surface area contributed by atoms with E-state index in [9.17, 15) is 9.59 Å². The Balaban J connectivity index is 2.22. The molecule has 0 amide bonds. The van der Waals surface area contributed by atoms with Gasteiger partial charge in [0, 0.05) is 34.2 Å². The summed E-state index contributed by atoms with van der Waals surface area (Å²) in [6.45, 7) is 0.654. The molecule has 0 bridgehead atoms. The number of aromatic nitrogens is 1. The summed E-state index contributed by atoms with van der Waals surface area (Å²) in [5, 5.41) is 0.805. The molecule has 0 aliphatic carbocycles. The Labute approximate surface area is 124 Å². The van der Waals surface area contributed by atoms with Crippen molar-refractivity contribution in [2.45, 2.75) is 6.54 Å². The van der Waals surface area contributed by atoms with Crippen LogP contribution in [0.4, 0.5) is 0 Å². The van der Waals surface area contributed by atoms with Gasteiger partial charge < -0.3 is 14.0 Å². The number of methoxy groups -OCH3 is 1. The molecule has 5 nitrogen and oxygen atoms in total. The Morgan fingerprint density at radius 2 is 2.20 bits per heavy atom. The standard InChI is InChI=1S/C14H14BrNO4/c1-19-4-5-20-14(18)8-16-7-10(9-17)12-6-11(15)2-3-13(12)16/h2-3,6-7,9H,4-5,8H2,1H3. The maximum Gasteiger partial charge on any atom is 0.326 e. The Morgan fingerprint density at radius 3 is 2.90 bits per heavy atom. The minimum atomic E-state index is -0.362. The summed E-state index contributed by atoms with van der Waals surface area (Å²) in [6, 6.07) is 5.57. The van der Waals surface area contributed by atoms with E-state index in [2.05, 4.69) is 15.9 Å². The molecule has 0 aliphatic heterocycles. The Morgan fingerprint density at radius 1 is 1.40 bits per heavy atom. The highest BCUT2D eigenvalue weighted by Gasteiger charge is 2.11. The molecule has 1 aromatic carbocycles. The largest absolute Gasteiger partial charge is 0.462 e. The van der Waals surface area contributed by atoms with E-state index in [1.54, 1.807) is 17.9 Å². The average molecular weight is 340 g/mol. The van der Waals surface area contributed by atoms with Crippen LogP contribution in [0.25, 0.3) is 10.9 Å². The average Bonchev–Trinajstić information content (AvgIpc) is 2.76. The van der Waals surface area contributed by atoms with E-state index in [0.29, 0.717) is 12.2 Å². The molecule has 20 heavy (non-hydrogen) atoms. The van der Waals surface area contributed by atoms with E-state index in [0.717, 1.165) is 21.7 Å². The number of carbonyl (C=O) groups excluding carboxylic acids is 2. The molecule has 2 rings (SSSR count). The van der Waals surface area contributed by atoms with Gasteiger partial charge >= 0.3 is 5.97 Å². The van der Waals surface area contributed by atoms with Crippen molar-refractivity contribution in [1.29, 1.82) is 0 Å². The number of hydrogen-bond acceptors (Lipinski definition) is 4. The number of nitrogens with zero attached hydrogens (tertiary/aromatic N) is 1. The number of carbonyl (C=O) groups is 2. The van der Waals surface area contributed by atoms with Crippen LogP contribution in [-0.4, -0.2) is 37.1 Å². The quantitative estimate of drug-likeness (QED) is 0.460. The van der Waals surface area contributed by atoms with Crippen LogP contribution in [0.5, 0.6) is 0 Å². The summed E-state index contributed by atoms with van der Waals surface area (Å²) in [4.78, 5) is 22.8. The van der Waals surface area contributed by atoms with E-state index < -0.39 is 0 Å². The topological polar surface area (TPSA) is 57.5 Å². The van der Waals surface area contributed by atoms with Gasteiger partial charge in [-0.3, -0.25) is 9.59 Å². The Bertz CT molecular complexity index is 635. The number of benzene rings is 1. The smallest absolute Gasteiger partial charge is 0.326 e. The minimum absolute atomic E-state index is 0.0652. The van der Waals surface area contributed by atoms with Crippen LogP contribution in [0.3, 0.4) is 0 Å². The van der Waals surface area contributed by atoms with E-state index in [4.69, 9.17) is 9.47 Å². The molecule has 0 spiro atoms. The van der Waals surface area contributed by atoms with Crippen LogP contribution in [0.2, 0.25) is 0 Å². The lowest BCUT2D eigenvalue weighted by Gasteiger charge is -2.06. The number of halogens is 1. The molecule has 1 aromatic heterocycles. The third kappa shape index (κ3) is 3.26. The predicted octanol–water partition coefficient (Wildman–Crippen LogP) is 2.41.